The van der Waals surface area contributed by atoms with Crippen molar-refractivity contribution in [3.05, 3.63) is 127 Å². The monoisotopic (exact) mass is 445 g/mol. The highest BCUT2D eigenvalue weighted by molar-refractivity contribution is 7.09. The van der Waals surface area contributed by atoms with E-state index in [1.54, 1.807) is 4.90 Å². The minimum absolute atomic E-state index is 0.0369. The Labute approximate surface area is 189 Å². The Hall–Kier alpha value is -3.71. The lowest BCUT2D eigenvalue weighted by Crippen LogP contribution is -2.42. The first kappa shape index (κ1) is 21.5. The first-order chi connectivity index (χ1) is 15.6. The zero-order valence-electron chi connectivity index (χ0n) is 17.4. The highest BCUT2D eigenvalue weighted by Crippen LogP contribution is 2.11. The summed E-state index contributed by atoms with van der Waals surface area (Å²) in [7, 11) is 0. The molecule has 0 atom stereocenters. The number of H-pyrrole nitrogens is 1. The van der Waals surface area contributed by atoms with E-state index >= 15 is 0 Å². The van der Waals surface area contributed by atoms with Gasteiger partial charge in [0.15, 0.2) is 0 Å². The maximum Gasteiger partial charge on any atom is 0.328 e. The molecule has 0 saturated carbocycles. The van der Waals surface area contributed by atoms with E-state index in [2.05, 4.69) is 4.98 Å². The van der Waals surface area contributed by atoms with Gasteiger partial charge in [-0.2, -0.15) is 0 Å². The van der Waals surface area contributed by atoms with Crippen LogP contribution in [-0.2, 0) is 19.5 Å². The van der Waals surface area contributed by atoms with Gasteiger partial charge in [0.05, 0.1) is 6.54 Å². The number of hydrogen-bond acceptors (Lipinski definition) is 4. The SMILES string of the molecule is O=C(c1c[nH]c(=O)n(Cc2cccs2)c1=O)N(CCc1ccccc1)Cc1ccccc1. The minimum Gasteiger partial charge on any atom is -0.334 e. The summed E-state index contributed by atoms with van der Waals surface area (Å²) in [5, 5.41) is 1.88. The standard InChI is InChI=1S/C25H23N3O3S/c29-23(22-16-26-25(31)28(24(22)30)18-21-12-7-15-32-21)27(17-20-10-5-2-6-11-20)14-13-19-8-3-1-4-9-19/h1-12,15-16H,13-14,17-18H2,(H,26,31). The van der Waals surface area contributed by atoms with Crippen LogP contribution >= 0.6 is 11.3 Å². The average Bonchev–Trinajstić information content (AvgIpc) is 3.34. The normalized spacial score (nSPS) is 10.8. The number of amides is 1. The van der Waals surface area contributed by atoms with Crippen molar-refractivity contribution in [1.82, 2.24) is 14.5 Å². The number of nitrogens with one attached hydrogen (secondary N) is 1. The minimum atomic E-state index is -0.579. The van der Waals surface area contributed by atoms with Gasteiger partial charge in [0.2, 0.25) is 0 Å². The van der Waals surface area contributed by atoms with Crippen molar-refractivity contribution >= 4 is 17.2 Å². The molecule has 0 aliphatic rings. The third kappa shape index (κ3) is 5.12. The highest BCUT2D eigenvalue weighted by atomic mass is 32.1. The predicted molar refractivity (Wildman–Crippen MR) is 126 cm³/mol. The molecule has 2 aromatic heterocycles. The molecule has 0 fully saturated rings. The van der Waals surface area contributed by atoms with Gasteiger partial charge in [-0.3, -0.25) is 14.2 Å². The van der Waals surface area contributed by atoms with E-state index < -0.39 is 17.2 Å². The third-order valence-corrected chi connectivity index (χ3v) is 6.06. The maximum atomic E-state index is 13.5. The summed E-state index contributed by atoms with van der Waals surface area (Å²) >= 11 is 1.46. The quantitative estimate of drug-likeness (QED) is 0.451. The summed E-state index contributed by atoms with van der Waals surface area (Å²) in [6.45, 7) is 0.951. The van der Waals surface area contributed by atoms with E-state index in [4.69, 9.17) is 0 Å². The summed E-state index contributed by atoms with van der Waals surface area (Å²) in [5.41, 5.74) is 0.932. The molecule has 0 saturated heterocycles. The van der Waals surface area contributed by atoms with E-state index in [-0.39, 0.29) is 12.1 Å². The van der Waals surface area contributed by atoms with Gasteiger partial charge in [-0.1, -0.05) is 66.7 Å². The van der Waals surface area contributed by atoms with Crippen LogP contribution in [0.4, 0.5) is 0 Å². The molecular formula is C25H23N3O3S. The molecule has 0 aliphatic heterocycles. The molecule has 6 nitrogen and oxygen atoms in total. The molecule has 1 amide bonds. The van der Waals surface area contributed by atoms with Crippen LogP contribution in [-0.4, -0.2) is 26.9 Å². The molecule has 1 N–H and O–H groups in total. The number of nitrogens with zero attached hydrogens (tertiary/aromatic N) is 2. The van der Waals surface area contributed by atoms with E-state index in [1.807, 2.05) is 78.2 Å². The van der Waals surface area contributed by atoms with E-state index in [9.17, 15) is 14.4 Å². The van der Waals surface area contributed by atoms with Crippen molar-refractivity contribution in [3.63, 3.8) is 0 Å². The number of rotatable bonds is 8. The molecular weight excluding hydrogens is 422 g/mol. The number of hydrogen-bond donors (Lipinski definition) is 1. The second-order valence-electron chi connectivity index (χ2n) is 7.43. The van der Waals surface area contributed by atoms with Crippen LogP contribution in [0.5, 0.6) is 0 Å². The molecule has 2 heterocycles. The predicted octanol–water partition coefficient (Wildman–Crippen LogP) is 3.53. The lowest BCUT2D eigenvalue weighted by molar-refractivity contribution is 0.0742. The summed E-state index contributed by atoms with van der Waals surface area (Å²) < 4.78 is 1.08. The van der Waals surface area contributed by atoms with Crippen molar-refractivity contribution in [2.75, 3.05) is 6.54 Å². The lowest BCUT2D eigenvalue weighted by Gasteiger charge is -2.23. The van der Waals surface area contributed by atoms with Gasteiger partial charge in [0.25, 0.3) is 11.5 Å². The number of aromatic nitrogens is 2. The summed E-state index contributed by atoms with van der Waals surface area (Å²) in [4.78, 5) is 43.9. The van der Waals surface area contributed by atoms with Gasteiger partial charge in [-0.25, -0.2) is 4.79 Å². The van der Waals surface area contributed by atoms with Crippen LogP contribution < -0.4 is 11.2 Å². The fraction of sp³-hybridized carbons (Fsp3) is 0.160. The zero-order chi connectivity index (χ0) is 22.3. The fourth-order valence-electron chi connectivity index (χ4n) is 3.50. The Balaban J connectivity index is 1.63. The molecule has 0 aliphatic carbocycles. The van der Waals surface area contributed by atoms with Gasteiger partial charge in [0.1, 0.15) is 5.56 Å². The van der Waals surface area contributed by atoms with Crippen LogP contribution in [0.25, 0.3) is 0 Å². The lowest BCUT2D eigenvalue weighted by atomic mass is 10.1. The van der Waals surface area contributed by atoms with Gasteiger partial charge in [-0.15, -0.1) is 11.3 Å². The van der Waals surface area contributed by atoms with Crippen LogP contribution in [0, 0.1) is 0 Å². The smallest absolute Gasteiger partial charge is 0.328 e. The average molecular weight is 446 g/mol. The Bertz CT molecular complexity index is 1280. The van der Waals surface area contributed by atoms with Crippen LogP contribution in [0.3, 0.4) is 0 Å². The van der Waals surface area contributed by atoms with Crippen molar-refractivity contribution in [2.45, 2.75) is 19.5 Å². The van der Waals surface area contributed by atoms with Crippen LogP contribution in [0.15, 0.2) is 94.0 Å². The Morgan fingerprint density at radius 2 is 1.59 bits per heavy atom. The van der Waals surface area contributed by atoms with E-state index in [0.29, 0.717) is 19.5 Å². The largest absolute Gasteiger partial charge is 0.334 e. The number of carbonyl (C=O) groups is 1. The molecule has 162 valence electrons. The van der Waals surface area contributed by atoms with Crippen LogP contribution in [0.2, 0.25) is 0 Å². The van der Waals surface area contributed by atoms with Gasteiger partial charge in [0, 0.05) is 24.2 Å². The third-order valence-electron chi connectivity index (χ3n) is 5.20. The Morgan fingerprint density at radius 3 is 2.25 bits per heavy atom. The Kier molecular flexibility index (Phi) is 6.77. The molecule has 0 spiro atoms. The van der Waals surface area contributed by atoms with E-state index in [0.717, 1.165) is 20.6 Å². The molecule has 4 aromatic rings. The molecule has 7 heteroatoms. The topological polar surface area (TPSA) is 75.2 Å². The fourth-order valence-corrected chi connectivity index (χ4v) is 4.19. The van der Waals surface area contributed by atoms with Crippen molar-refractivity contribution in [1.29, 1.82) is 0 Å². The first-order valence-electron chi connectivity index (χ1n) is 10.3. The number of aromatic amines is 1. The molecule has 2 aromatic carbocycles. The molecule has 4 rings (SSSR count). The summed E-state index contributed by atoms with van der Waals surface area (Å²) in [6, 6.07) is 23.3. The Morgan fingerprint density at radius 1 is 0.906 bits per heavy atom. The summed E-state index contributed by atoms with van der Waals surface area (Å²) in [5.74, 6) is -0.397. The highest BCUT2D eigenvalue weighted by Gasteiger charge is 2.21. The van der Waals surface area contributed by atoms with Gasteiger partial charge < -0.3 is 9.88 Å². The number of benzene rings is 2. The number of thiophene rings is 1. The van der Waals surface area contributed by atoms with Crippen molar-refractivity contribution < 1.29 is 4.79 Å². The molecule has 32 heavy (non-hydrogen) atoms. The van der Waals surface area contributed by atoms with Crippen molar-refractivity contribution in [2.24, 2.45) is 0 Å². The maximum absolute atomic E-state index is 13.5. The second-order valence-corrected chi connectivity index (χ2v) is 8.46. The van der Waals surface area contributed by atoms with Gasteiger partial charge in [-0.05, 0) is 29.0 Å². The molecule has 0 radical (unpaired) electrons. The van der Waals surface area contributed by atoms with Gasteiger partial charge >= 0.3 is 5.69 Å². The van der Waals surface area contributed by atoms with Crippen LogP contribution in [0.1, 0.15) is 26.4 Å². The van der Waals surface area contributed by atoms with E-state index in [1.165, 1.54) is 17.5 Å². The molecule has 0 bridgehead atoms. The second kappa shape index (κ2) is 10.1. The zero-order valence-corrected chi connectivity index (χ0v) is 18.3. The summed E-state index contributed by atoms with van der Waals surface area (Å²) in [6.07, 6.45) is 1.89. The first-order valence-corrected chi connectivity index (χ1v) is 11.2. The molecule has 0 unspecified atom stereocenters. The van der Waals surface area contributed by atoms with Crippen molar-refractivity contribution in [3.8, 4) is 0 Å². The number of carbonyl (C=O) groups excluding carboxylic acids is 1.